The Labute approximate surface area is 163 Å². The molecule has 2 N–H and O–H groups in total. The molecule has 0 atom stereocenters. The van der Waals surface area contributed by atoms with Crippen molar-refractivity contribution in [2.75, 3.05) is 13.2 Å². The van der Waals surface area contributed by atoms with Crippen molar-refractivity contribution >= 4 is 5.91 Å². The molecule has 3 rings (SSSR count). The van der Waals surface area contributed by atoms with E-state index in [0.717, 1.165) is 31.7 Å². The Morgan fingerprint density at radius 1 is 1.04 bits per heavy atom. The number of rotatable bonds is 7. The van der Waals surface area contributed by atoms with Gasteiger partial charge in [0.05, 0.1) is 6.61 Å². The van der Waals surface area contributed by atoms with Crippen LogP contribution in [0.15, 0.2) is 42.5 Å². The number of hydrogen-bond donors (Lipinski definition) is 2. The van der Waals surface area contributed by atoms with Gasteiger partial charge in [-0.25, -0.2) is 8.78 Å². The van der Waals surface area contributed by atoms with Crippen LogP contribution in [0.5, 0.6) is 5.75 Å². The molecule has 0 bridgehead atoms. The van der Waals surface area contributed by atoms with Crippen LogP contribution in [-0.2, 0) is 11.3 Å². The fourth-order valence-electron chi connectivity index (χ4n) is 3.54. The summed E-state index contributed by atoms with van der Waals surface area (Å²) in [6.07, 6.45) is 3.98. The zero-order chi connectivity index (χ0) is 19.9. The first-order valence-electron chi connectivity index (χ1n) is 9.61. The van der Waals surface area contributed by atoms with E-state index in [9.17, 15) is 18.7 Å². The maximum absolute atomic E-state index is 13.6. The number of aromatic hydroxyl groups is 1. The topological polar surface area (TPSA) is 58.6 Å². The van der Waals surface area contributed by atoms with Crippen LogP contribution in [0.4, 0.5) is 8.78 Å². The van der Waals surface area contributed by atoms with Gasteiger partial charge in [-0.05, 0) is 61.8 Å². The highest BCUT2D eigenvalue weighted by Gasteiger charge is 2.22. The number of nitrogens with one attached hydrogen (secondary N) is 1. The molecule has 1 aliphatic carbocycles. The summed E-state index contributed by atoms with van der Waals surface area (Å²) in [5, 5.41) is 12.0. The number of halogens is 2. The van der Waals surface area contributed by atoms with Crippen molar-refractivity contribution in [3.8, 4) is 5.75 Å². The Balaban J connectivity index is 1.35. The van der Waals surface area contributed by atoms with Gasteiger partial charge in [-0.15, -0.1) is 0 Å². The van der Waals surface area contributed by atoms with Gasteiger partial charge in [0.2, 0.25) is 0 Å². The molecular formula is C22H25F2NO3. The van der Waals surface area contributed by atoms with Crippen LogP contribution in [0, 0.1) is 23.5 Å². The number of phenolic OH excluding ortho intramolecular Hbond substituents is 1. The van der Waals surface area contributed by atoms with Gasteiger partial charge < -0.3 is 15.2 Å². The van der Waals surface area contributed by atoms with Gasteiger partial charge in [-0.2, -0.15) is 0 Å². The summed E-state index contributed by atoms with van der Waals surface area (Å²) in [7, 11) is 0. The summed E-state index contributed by atoms with van der Waals surface area (Å²) in [5.41, 5.74) is 0.773. The summed E-state index contributed by atoms with van der Waals surface area (Å²) in [5.74, 6) is -1.01. The van der Waals surface area contributed by atoms with Crippen LogP contribution in [0.2, 0.25) is 0 Å². The maximum atomic E-state index is 13.6. The number of amides is 1. The van der Waals surface area contributed by atoms with E-state index in [0.29, 0.717) is 30.6 Å². The highest BCUT2D eigenvalue weighted by Crippen LogP contribution is 2.29. The summed E-state index contributed by atoms with van der Waals surface area (Å²) < 4.78 is 32.6. The fraction of sp³-hybridized carbons (Fsp3) is 0.409. The van der Waals surface area contributed by atoms with Gasteiger partial charge in [-0.3, -0.25) is 4.79 Å². The highest BCUT2D eigenvalue weighted by molar-refractivity contribution is 5.94. The van der Waals surface area contributed by atoms with Crippen molar-refractivity contribution in [1.82, 2.24) is 5.32 Å². The van der Waals surface area contributed by atoms with E-state index in [2.05, 4.69) is 5.32 Å². The average molecular weight is 389 g/mol. The van der Waals surface area contributed by atoms with Crippen molar-refractivity contribution in [1.29, 1.82) is 0 Å². The molecular weight excluding hydrogens is 364 g/mol. The molecule has 1 amide bonds. The second-order valence-corrected chi connectivity index (χ2v) is 7.37. The molecule has 2 aromatic carbocycles. The molecule has 1 saturated carbocycles. The highest BCUT2D eigenvalue weighted by atomic mass is 19.1. The molecule has 0 aliphatic heterocycles. The minimum atomic E-state index is -0.802. The van der Waals surface area contributed by atoms with Gasteiger partial charge in [0.1, 0.15) is 5.82 Å². The quantitative estimate of drug-likeness (QED) is 0.737. The lowest BCUT2D eigenvalue weighted by molar-refractivity contribution is 0.0650. The predicted octanol–water partition coefficient (Wildman–Crippen LogP) is 4.42. The van der Waals surface area contributed by atoms with Gasteiger partial charge in [0.25, 0.3) is 5.91 Å². The molecule has 150 valence electrons. The van der Waals surface area contributed by atoms with Gasteiger partial charge in [-0.1, -0.05) is 18.2 Å². The molecule has 0 aromatic heterocycles. The van der Waals surface area contributed by atoms with Crippen LogP contribution >= 0.6 is 0 Å². The lowest BCUT2D eigenvalue weighted by atomic mass is 9.82. The van der Waals surface area contributed by atoms with Crippen LogP contribution < -0.4 is 5.32 Å². The molecule has 0 unspecified atom stereocenters. The second-order valence-electron chi connectivity index (χ2n) is 7.37. The first-order valence-corrected chi connectivity index (χ1v) is 9.61. The van der Waals surface area contributed by atoms with Crippen LogP contribution in [-0.4, -0.2) is 24.2 Å². The number of benzene rings is 2. The first kappa shape index (κ1) is 20.3. The van der Waals surface area contributed by atoms with E-state index in [4.69, 9.17) is 4.74 Å². The molecule has 4 nitrogen and oxygen atoms in total. The van der Waals surface area contributed by atoms with E-state index in [1.54, 1.807) is 18.2 Å². The Kier molecular flexibility index (Phi) is 6.98. The Morgan fingerprint density at radius 2 is 1.75 bits per heavy atom. The molecule has 0 saturated heterocycles. The van der Waals surface area contributed by atoms with Gasteiger partial charge >= 0.3 is 0 Å². The lowest BCUT2D eigenvalue weighted by Crippen LogP contribution is -2.32. The smallest absolute Gasteiger partial charge is 0.251 e. The molecule has 6 heteroatoms. The molecule has 0 radical (unpaired) electrons. The SMILES string of the molecule is O=C(NCC1CCC(COCc2ccccc2F)CC1)c1ccc(O)c(F)c1. The Bertz CT molecular complexity index is 804. The maximum Gasteiger partial charge on any atom is 0.251 e. The van der Waals surface area contributed by atoms with Crippen molar-refractivity contribution in [3.05, 3.63) is 65.2 Å². The van der Waals surface area contributed by atoms with E-state index in [1.165, 1.54) is 18.2 Å². The number of carbonyl (C=O) groups is 1. The number of phenols is 1. The zero-order valence-electron chi connectivity index (χ0n) is 15.7. The number of carbonyl (C=O) groups excluding carboxylic acids is 1. The van der Waals surface area contributed by atoms with Crippen molar-refractivity contribution in [3.63, 3.8) is 0 Å². The van der Waals surface area contributed by atoms with E-state index in [1.807, 2.05) is 0 Å². The third-order valence-corrected chi connectivity index (χ3v) is 5.30. The van der Waals surface area contributed by atoms with Crippen molar-refractivity contribution in [2.24, 2.45) is 11.8 Å². The summed E-state index contributed by atoms with van der Waals surface area (Å²) in [6.45, 7) is 1.44. The lowest BCUT2D eigenvalue weighted by Gasteiger charge is -2.28. The van der Waals surface area contributed by atoms with Crippen LogP contribution in [0.3, 0.4) is 0 Å². The normalized spacial score (nSPS) is 19.4. The molecule has 2 aromatic rings. The Hall–Kier alpha value is -2.47. The monoisotopic (exact) mass is 389 g/mol. The fourth-order valence-corrected chi connectivity index (χ4v) is 3.54. The largest absolute Gasteiger partial charge is 0.505 e. The molecule has 0 spiro atoms. The predicted molar refractivity (Wildman–Crippen MR) is 102 cm³/mol. The number of hydrogen-bond acceptors (Lipinski definition) is 3. The number of ether oxygens (including phenoxy) is 1. The molecule has 1 fully saturated rings. The van der Waals surface area contributed by atoms with Gasteiger partial charge in [0.15, 0.2) is 11.6 Å². The molecule has 1 aliphatic rings. The van der Waals surface area contributed by atoms with Crippen LogP contribution in [0.25, 0.3) is 0 Å². The minimum absolute atomic E-state index is 0.200. The van der Waals surface area contributed by atoms with Crippen LogP contribution in [0.1, 0.15) is 41.6 Å². The minimum Gasteiger partial charge on any atom is -0.505 e. The average Bonchev–Trinajstić information content (AvgIpc) is 2.70. The standard InChI is InChI=1S/C22H25F2NO3/c23-19-4-2-1-3-18(19)14-28-13-16-7-5-15(6-8-16)12-25-22(27)17-9-10-21(26)20(24)11-17/h1-4,9-11,15-16,26H,5-8,12-14H2,(H,25,27). The summed E-state index contributed by atoms with van der Waals surface area (Å²) in [6, 6.07) is 10.2. The molecule has 0 heterocycles. The van der Waals surface area contributed by atoms with Gasteiger partial charge in [0, 0.05) is 24.3 Å². The Morgan fingerprint density at radius 3 is 2.46 bits per heavy atom. The second kappa shape index (κ2) is 9.64. The third kappa shape index (κ3) is 5.52. The van der Waals surface area contributed by atoms with E-state index < -0.39 is 11.6 Å². The van der Waals surface area contributed by atoms with Crippen molar-refractivity contribution in [2.45, 2.75) is 32.3 Å². The third-order valence-electron chi connectivity index (χ3n) is 5.30. The van der Waals surface area contributed by atoms with Crippen molar-refractivity contribution < 1.29 is 23.4 Å². The zero-order valence-corrected chi connectivity index (χ0v) is 15.7. The summed E-state index contributed by atoms with van der Waals surface area (Å²) in [4.78, 5) is 12.1. The summed E-state index contributed by atoms with van der Waals surface area (Å²) >= 11 is 0. The van der Waals surface area contributed by atoms with E-state index in [-0.39, 0.29) is 23.9 Å². The first-order chi connectivity index (χ1) is 13.5. The van der Waals surface area contributed by atoms with E-state index >= 15 is 0 Å². The molecule has 28 heavy (non-hydrogen) atoms.